The lowest BCUT2D eigenvalue weighted by molar-refractivity contribution is 0.573. The van der Waals surface area contributed by atoms with Crippen LogP contribution in [-0.4, -0.2) is 28.5 Å². The van der Waals surface area contributed by atoms with E-state index in [1.807, 2.05) is 19.3 Å². The zero-order valence-electron chi connectivity index (χ0n) is 8.67. The Kier molecular flexibility index (Phi) is 5.64. The van der Waals surface area contributed by atoms with E-state index >= 15 is 0 Å². The third-order valence-corrected chi connectivity index (χ3v) is 2.46. The van der Waals surface area contributed by atoms with E-state index in [4.69, 9.17) is 11.6 Å². The average Bonchev–Trinajstić information content (AvgIpc) is 2.58. The average molecular weight is 216 g/mol. The fourth-order valence-corrected chi connectivity index (χ4v) is 1.50. The van der Waals surface area contributed by atoms with Gasteiger partial charge in [-0.15, -0.1) is 11.6 Å². The van der Waals surface area contributed by atoms with Gasteiger partial charge < -0.3 is 9.88 Å². The summed E-state index contributed by atoms with van der Waals surface area (Å²) in [6.07, 6.45) is 6.10. The van der Waals surface area contributed by atoms with Gasteiger partial charge in [0.25, 0.3) is 0 Å². The molecule has 0 radical (unpaired) electrons. The molecule has 4 heteroatoms. The molecule has 1 heterocycles. The lowest BCUT2D eigenvalue weighted by Crippen LogP contribution is -2.21. The number of halogens is 1. The first kappa shape index (κ1) is 11.5. The molecular weight excluding hydrogens is 198 g/mol. The summed E-state index contributed by atoms with van der Waals surface area (Å²) in [4.78, 5) is 4.16. The highest BCUT2D eigenvalue weighted by Gasteiger charge is 1.94. The minimum Gasteiger partial charge on any atom is -0.334 e. The van der Waals surface area contributed by atoms with E-state index in [0.29, 0.717) is 0 Å². The van der Waals surface area contributed by atoms with Gasteiger partial charge in [0.1, 0.15) is 5.82 Å². The first-order valence-corrected chi connectivity index (χ1v) is 5.62. The van der Waals surface area contributed by atoms with Crippen LogP contribution in [0, 0.1) is 6.92 Å². The first-order chi connectivity index (χ1) is 6.84. The van der Waals surface area contributed by atoms with Crippen LogP contribution in [0.2, 0.25) is 0 Å². The van der Waals surface area contributed by atoms with E-state index < -0.39 is 0 Å². The monoisotopic (exact) mass is 215 g/mol. The summed E-state index contributed by atoms with van der Waals surface area (Å²) in [5, 5.41) is 3.38. The predicted molar refractivity (Wildman–Crippen MR) is 59.8 cm³/mol. The highest BCUT2D eigenvalue weighted by molar-refractivity contribution is 6.17. The number of nitrogens with zero attached hydrogens (tertiary/aromatic N) is 2. The summed E-state index contributed by atoms with van der Waals surface area (Å²) in [6.45, 7) is 5.07. The molecule has 0 aliphatic rings. The number of hydrogen-bond donors (Lipinski definition) is 1. The lowest BCUT2D eigenvalue weighted by atomic mass is 10.3. The third kappa shape index (κ3) is 4.11. The Labute approximate surface area is 90.5 Å². The van der Waals surface area contributed by atoms with E-state index in [2.05, 4.69) is 14.9 Å². The van der Waals surface area contributed by atoms with Crippen molar-refractivity contribution in [3.63, 3.8) is 0 Å². The van der Waals surface area contributed by atoms with Crippen molar-refractivity contribution in [3.8, 4) is 0 Å². The van der Waals surface area contributed by atoms with E-state index in [0.717, 1.165) is 44.2 Å². The highest BCUT2D eigenvalue weighted by Crippen LogP contribution is 1.93. The van der Waals surface area contributed by atoms with Crippen molar-refractivity contribution in [2.75, 3.05) is 19.0 Å². The molecule has 0 atom stereocenters. The molecule has 0 aliphatic carbocycles. The first-order valence-electron chi connectivity index (χ1n) is 5.09. The SMILES string of the molecule is Cc1nccn1CCNCCCCCl. The van der Waals surface area contributed by atoms with E-state index in [1.165, 1.54) is 0 Å². The van der Waals surface area contributed by atoms with Crippen LogP contribution >= 0.6 is 11.6 Å². The van der Waals surface area contributed by atoms with Crippen molar-refractivity contribution < 1.29 is 0 Å². The molecule has 14 heavy (non-hydrogen) atoms. The maximum absolute atomic E-state index is 5.58. The van der Waals surface area contributed by atoms with Crippen LogP contribution in [0.5, 0.6) is 0 Å². The Morgan fingerprint density at radius 3 is 2.93 bits per heavy atom. The normalized spacial score (nSPS) is 10.7. The number of hydrogen-bond acceptors (Lipinski definition) is 2. The number of imidazole rings is 1. The molecule has 1 N–H and O–H groups in total. The highest BCUT2D eigenvalue weighted by atomic mass is 35.5. The van der Waals surface area contributed by atoms with Gasteiger partial charge in [-0.25, -0.2) is 4.98 Å². The molecular formula is C10H18ClN3. The molecule has 0 unspecified atom stereocenters. The summed E-state index contributed by atoms with van der Waals surface area (Å²) in [5.74, 6) is 1.84. The Hall–Kier alpha value is -0.540. The fraction of sp³-hybridized carbons (Fsp3) is 0.700. The molecule has 1 aromatic rings. The Bertz CT molecular complexity index is 247. The van der Waals surface area contributed by atoms with E-state index in [1.54, 1.807) is 0 Å². The zero-order valence-corrected chi connectivity index (χ0v) is 9.43. The quantitative estimate of drug-likeness (QED) is 0.555. The molecule has 80 valence electrons. The van der Waals surface area contributed by atoms with Crippen LogP contribution in [0.4, 0.5) is 0 Å². The van der Waals surface area contributed by atoms with Crippen LogP contribution in [0.3, 0.4) is 0 Å². The van der Waals surface area contributed by atoms with Gasteiger partial charge in [-0.2, -0.15) is 0 Å². The Morgan fingerprint density at radius 1 is 1.43 bits per heavy atom. The maximum Gasteiger partial charge on any atom is 0.105 e. The van der Waals surface area contributed by atoms with Gasteiger partial charge in [0, 0.05) is 31.4 Å². The van der Waals surface area contributed by atoms with E-state index in [-0.39, 0.29) is 0 Å². The van der Waals surface area contributed by atoms with Gasteiger partial charge in [0.05, 0.1) is 0 Å². The second kappa shape index (κ2) is 6.85. The van der Waals surface area contributed by atoms with Crippen molar-refractivity contribution in [1.82, 2.24) is 14.9 Å². The fourth-order valence-electron chi connectivity index (χ4n) is 1.31. The topological polar surface area (TPSA) is 29.9 Å². The van der Waals surface area contributed by atoms with Crippen LogP contribution in [0.25, 0.3) is 0 Å². The van der Waals surface area contributed by atoms with Crippen LogP contribution < -0.4 is 5.32 Å². The Balaban J connectivity index is 2.02. The number of unbranched alkanes of at least 4 members (excludes halogenated alkanes) is 1. The van der Waals surface area contributed by atoms with Crippen molar-refractivity contribution in [3.05, 3.63) is 18.2 Å². The minimum atomic E-state index is 0.766. The Morgan fingerprint density at radius 2 is 2.29 bits per heavy atom. The number of rotatable bonds is 7. The minimum absolute atomic E-state index is 0.766. The molecule has 1 rings (SSSR count). The number of nitrogens with one attached hydrogen (secondary N) is 1. The van der Waals surface area contributed by atoms with Crippen molar-refractivity contribution in [2.45, 2.75) is 26.3 Å². The van der Waals surface area contributed by atoms with Crippen molar-refractivity contribution in [1.29, 1.82) is 0 Å². The zero-order chi connectivity index (χ0) is 10.2. The van der Waals surface area contributed by atoms with Gasteiger partial charge in [-0.1, -0.05) is 0 Å². The van der Waals surface area contributed by atoms with Crippen LogP contribution in [-0.2, 0) is 6.54 Å². The van der Waals surface area contributed by atoms with E-state index in [9.17, 15) is 0 Å². The molecule has 0 aromatic carbocycles. The summed E-state index contributed by atoms with van der Waals surface area (Å²) in [7, 11) is 0. The number of alkyl halides is 1. The predicted octanol–water partition coefficient (Wildman–Crippen LogP) is 1.80. The molecule has 3 nitrogen and oxygen atoms in total. The van der Waals surface area contributed by atoms with Crippen molar-refractivity contribution in [2.24, 2.45) is 0 Å². The summed E-state index contributed by atoms with van der Waals surface area (Å²) < 4.78 is 2.15. The van der Waals surface area contributed by atoms with Crippen LogP contribution in [0.1, 0.15) is 18.7 Å². The standard InChI is InChI=1S/C10H18ClN3/c1-10-13-7-9-14(10)8-6-12-5-3-2-4-11/h7,9,12H,2-6,8H2,1H3. The molecule has 0 spiro atoms. The van der Waals surface area contributed by atoms with Gasteiger partial charge in [0.2, 0.25) is 0 Å². The number of aromatic nitrogens is 2. The third-order valence-electron chi connectivity index (χ3n) is 2.19. The molecule has 0 amide bonds. The molecule has 0 saturated carbocycles. The maximum atomic E-state index is 5.58. The summed E-state index contributed by atoms with van der Waals surface area (Å²) in [6, 6.07) is 0. The molecule has 0 saturated heterocycles. The smallest absolute Gasteiger partial charge is 0.105 e. The second-order valence-corrected chi connectivity index (χ2v) is 3.69. The van der Waals surface area contributed by atoms with Gasteiger partial charge in [-0.05, 0) is 26.3 Å². The van der Waals surface area contributed by atoms with Gasteiger partial charge >= 0.3 is 0 Å². The molecule has 0 bridgehead atoms. The van der Waals surface area contributed by atoms with Crippen LogP contribution in [0.15, 0.2) is 12.4 Å². The second-order valence-electron chi connectivity index (χ2n) is 3.31. The largest absolute Gasteiger partial charge is 0.334 e. The molecule has 0 aliphatic heterocycles. The number of aryl methyl sites for hydroxylation is 1. The van der Waals surface area contributed by atoms with Gasteiger partial charge in [0.15, 0.2) is 0 Å². The summed E-state index contributed by atoms with van der Waals surface area (Å²) in [5.41, 5.74) is 0. The molecule has 1 aromatic heterocycles. The van der Waals surface area contributed by atoms with Crippen molar-refractivity contribution >= 4 is 11.6 Å². The van der Waals surface area contributed by atoms with Gasteiger partial charge in [-0.3, -0.25) is 0 Å². The summed E-state index contributed by atoms with van der Waals surface area (Å²) >= 11 is 5.58. The lowest BCUT2D eigenvalue weighted by Gasteiger charge is -2.06. The molecule has 0 fully saturated rings.